The fourth-order valence-corrected chi connectivity index (χ4v) is 1.82. The van der Waals surface area contributed by atoms with Crippen LogP contribution in [0.2, 0.25) is 0 Å². The fourth-order valence-electron chi connectivity index (χ4n) is 1.82. The summed E-state index contributed by atoms with van der Waals surface area (Å²) in [5, 5.41) is 6.89. The maximum absolute atomic E-state index is 11.4. The summed E-state index contributed by atoms with van der Waals surface area (Å²) < 4.78 is 0. The molecule has 1 amide bonds. The molecule has 0 atom stereocenters. The maximum atomic E-state index is 11.4. The first-order chi connectivity index (χ1) is 8.22. The van der Waals surface area contributed by atoms with Crippen LogP contribution in [0.15, 0.2) is 24.5 Å². The zero-order valence-electron chi connectivity index (χ0n) is 9.05. The summed E-state index contributed by atoms with van der Waals surface area (Å²) in [6, 6.07) is 3.68. The molecule has 0 aliphatic heterocycles. The second kappa shape index (κ2) is 3.38. The molecule has 1 fully saturated rings. The molecule has 1 aliphatic rings. The molecule has 2 aromatic rings. The van der Waals surface area contributed by atoms with Crippen molar-refractivity contribution >= 4 is 5.91 Å². The monoisotopic (exact) mass is 229 g/mol. The van der Waals surface area contributed by atoms with Crippen molar-refractivity contribution in [3.8, 4) is 11.4 Å². The minimum absolute atomic E-state index is 0.341. The Morgan fingerprint density at radius 2 is 2.29 bits per heavy atom. The predicted octanol–water partition coefficient (Wildman–Crippen LogP) is 0.384. The van der Waals surface area contributed by atoms with Crippen molar-refractivity contribution in [1.82, 2.24) is 20.2 Å². The molecule has 0 spiro atoms. The van der Waals surface area contributed by atoms with E-state index in [-0.39, 0.29) is 5.91 Å². The largest absolute Gasteiger partial charge is 0.369 e. The lowest BCUT2D eigenvalue weighted by molar-refractivity contribution is -0.120. The van der Waals surface area contributed by atoms with Crippen LogP contribution in [0, 0.1) is 0 Å². The second-order valence-electron chi connectivity index (χ2n) is 4.20. The summed E-state index contributed by atoms with van der Waals surface area (Å²) >= 11 is 0. The molecule has 1 aliphatic carbocycles. The molecule has 1 saturated carbocycles. The van der Waals surface area contributed by atoms with E-state index in [1.807, 2.05) is 12.1 Å². The van der Waals surface area contributed by atoms with Crippen LogP contribution in [0.25, 0.3) is 11.4 Å². The van der Waals surface area contributed by atoms with E-state index in [0.717, 1.165) is 18.4 Å². The van der Waals surface area contributed by atoms with Gasteiger partial charge in [-0.2, -0.15) is 5.10 Å². The normalized spacial score (nSPS) is 16.7. The number of aromatic amines is 1. The lowest BCUT2D eigenvalue weighted by Gasteiger charge is -2.04. The van der Waals surface area contributed by atoms with Gasteiger partial charge in [-0.05, 0) is 25.0 Å². The summed E-state index contributed by atoms with van der Waals surface area (Å²) in [6.45, 7) is 0. The van der Waals surface area contributed by atoms with Gasteiger partial charge >= 0.3 is 0 Å². The Balaban J connectivity index is 1.97. The molecule has 0 bridgehead atoms. The summed E-state index contributed by atoms with van der Waals surface area (Å²) in [6.07, 6.45) is 4.84. The third-order valence-electron chi connectivity index (χ3n) is 3.08. The number of nitrogens with zero attached hydrogens (tertiary/aromatic N) is 3. The van der Waals surface area contributed by atoms with Gasteiger partial charge in [0, 0.05) is 18.0 Å². The highest BCUT2D eigenvalue weighted by atomic mass is 16.1. The predicted molar refractivity (Wildman–Crippen MR) is 59.7 cm³/mol. The molecular weight excluding hydrogens is 218 g/mol. The van der Waals surface area contributed by atoms with Gasteiger partial charge in [0.25, 0.3) is 0 Å². The van der Waals surface area contributed by atoms with Crippen molar-refractivity contribution in [2.75, 3.05) is 0 Å². The number of rotatable bonds is 3. The molecular formula is C11H11N5O. The molecule has 3 N–H and O–H groups in total. The number of carbonyl (C=O) groups is 1. The Hall–Kier alpha value is -2.24. The Labute approximate surface area is 97.3 Å². The SMILES string of the molecule is NC(=O)C1(c2nc(-c3cccnc3)n[nH]2)CC1. The van der Waals surface area contributed by atoms with Crippen molar-refractivity contribution in [3.05, 3.63) is 30.4 Å². The number of carbonyl (C=O) groups excluding carboxylic acids is 1. The first-order valence-electron chi connectivity index (χ1n) is 5.35. The quantitative estimate of drug-likeness (QED) is 0.795. The molecule has 86 valence electrons. The van der Waals surface area contributed by atoms with E-state index >= 15 is 0 Å². The Kier molecular flexibility index (Phi) is 1.98. The van der Waals surface area contributed by atoms with Crippen molar-refractivity contribution in [1.29, 1.82) is 0 Å². The van der Waals surface area contributed by atoms with E-state index < -0.39 is 5.41 Å². The smallest absolute Gasteiger partial charge is 0.231 e. The van der Waals surface area contributed by atoms with Crippen LogP contribution in [-0.4, -0.2) is 26.1 Å². The Morgan fingerprint density at radius 1 is 1.47 bits per heavy atom. The number of hydrogen-bond donors (Lipinski definition) is 2. The van der Waals surface area contributed by atoms with E-state index in [1.54, 1.807) is 12.4 Å². The number of pyridine rings is 1. The van der Waals surface area contributed by atoms with Gasteiger partial charge in [0.1, 0.15) is 11.2 Å². The lowest BCUT2D eigenvalue weighted by atomic mass is 10.1. The van der Waals surface area contributed by atoms with Crippen LogP contribution in [0.5, 0.6) is 0 Å². The van der Waals surface area contributed by atoms with Gasteiger partial charge < -0.3 is 5.73 Å². The molecule has 0 saturated heterocycles. The van der Waals surface area contributed by atoms with Gasteiger partial charge in [-0.3, -0.25) is 14.9 Å². The lowest BCUT2D eigenvalue weighted by Crippen LogP contribution is -2.29. The summed E-state index contributed by atoms with van der Waals surface area (Å²) in [5.74, 6) is 0.760. The van der Waals surface area contributed by atoms with Gasteiger partial charge in [0.2, 0.25) is 5.91 Å². The van der Waals surface area contributed by atoms with Crippen LogP contribution in [0.1, 0.15) is 18.7 Å². The number of aromatic nitrogens is 4. The second-order valence-corrected chi connectivity index (χ2v) is 4.20. The van der Waals surface area contributed by atoms with E-state index in [4.69, 9.17) is 5.73 Å². The molecule has 3 rings (SSSR count). The van der Waals surface area contributed by atoms with Gasteiger partial charge in [-0.1, -0.05) is 0 Å². The standard InChI is InChI=1S/C11H11N5O/c12-9(17)11(3-4-11)10-14-8(15-16-10)7-2-1-5-13-6-7/h1-2,5-6H,3-4H2,(H2,12,17)(H,14,15,16). The topological polar surface area (TPSA) is 97.6 Å². The average Bonchev–Trinajstić information content (AvgIpc) is 3.02. The van der Waals surface area contributed by atoms with Crippen molar-refractivity contribution in [3.63, 3.8) is 0 Å². The number of hydrogen-bond acceptors (Lipinski definition) is 4. The van der Waals surface area contributed by atoms with Gasteiger partial charge in [0.05, 0.1) is 0 Å². The van der Waals surface area contributed by atoms with E-state index in [0.29, 0.717) is 11.6 Å². The van der Waals surface area contributed by atoms with Crippen LogP contribution in [0.4, 0.5) is 0 Å². The molecule has 6 heteroatoms. The highest BCUT2D eigenvalue weighted by Gasteiger charge is 2.53. The van der Waals surface area contributed by atoms with Crippen LogP contribution in [-0.2, 0) is 10.2 Å². The van der Waals surface area contributed by atoms with Crippen LogP contribution in [0.3, 0.4) is 0 Å². The molecule has 0 aromatic carbocycles. The van der Waals surface area contributed by atoms with E-state index in [2.05, 4.69) is 20.2 Å². The first kappa shape index (κ1) is 9.95. The van der Waals surface area contributed by atoms with Gasteiger partial charge in [-0.15, -0.1) is 0 Å². The molecule has 0 unspecified atom stereocenters. The van der Waals surface area contributed by atoms with Crippen molar-refractivity contribution in [2.45, 2.75) is 18.3 Å². The number of H-pyrrole nitrogens is 1. The van der Waals surface area contributed by atoms with E-state index in [1.165, 1.54) is 0 Å². The zero-order chi connectivity index (χ0) is 11.9. The first-order valence-corrected chi connectivity index (χ1v) is 5.35. The zero-order valence-corrected chi connectivity index (χ0v) is 9.05. The highest BCUT2D eigenvalue weighted by molar-refractivity contribution is 5.88. The molecule has 6 nitrogen and oxygen atoms in total. The number of nitrogens with one attached hydrogen (secondary N) is 1. The number of amides is 1. The average molecular weight is 229 g/mol. The molecule has 2 heterocycles. The molecule has 17 heavy (non-hydrogen) atoms. The minimum atomic E-state index is -0.618. The molecule has 2 aromatic heterocycles. The van der Waals surface area contributed by atoms with E-state index in [9.17, 15) is 4.79 Å². The molecule has 0 radical (unpaired) electrons. The number of primary amides is 1. The Bertz CT molecular complexity index is 558. The van der Waals surface area contributed by atoms with Crippen LogP contribution >= 0.6 is 0 Å². The van der Waals surface area contributed by atoms with Crippen LogP contribution < -0.4 is 5.73 Å². The fraction of sp³-hybridized carbons (Fsp3) is 0.273. The van der Waals surface area contributed by atoms with Gasteiger partial charge in [0.15, 0.2) is 5.82 Å². The number of nitrogens with two attached hydrogens (primary N) is 1. The summed E-state index contributed by atoms with van der Waals surface area (Å²) in [4.78, 5) is 19.7. The minimum Gasteiger partial charge on any atom is -0.369 e. The third kappa shape index (κ3) is 1.49. The summed E-state index contributed by atoms with van der Waals surface area (Å²) in [7, 11) is 0. The van der Waals surface area contributed by atoms with Gasteiger partial charge in [-0.25, -0.2) is 4.98 Å². The van der Waals surface area contributed by atoms with Crippen molar-refractivity contribution in [2.24, 2.45) is 5.73 Å². The Morgan fingerprint density at radius 3 is 2.88 bits per heavy atom. The summed E-state index contributed by atoms with van der Waals surface area (Å²) in [5.41, 5.74) is 5.57. The maximum Gasteiger partial charge on any atom is 0.231 e. The third-order valence-corrected chi connectivity index (χ3v) is 3.08. The highest BCUT2D eigenvalue weighted by Crippen LogP contribution is 2.46. The van der Waals surface area contributed by atoms with Crippen molar-refractivity contribution < 1.29 is 4.79 Å².